The number of hydrogen-bond donors (Lipinski definition) is 0. The zero-order valence-electron chi connectivity index (χ0n) is 15.4. The lowest BCUT2D eigenvalue weighted by atomic mass is 9.97. The number of carbonyl (C=O) groups is 2. The number of carbonyl (C=O) groups excluding carboxylic acids is 2. The quantitative estimate of drug-likeness (QED) is 0.731. The molecule has 2 aliphatic rings. The lowest BCUT2D eigenvalue weighted by Crippen LogP contribution is -2.53. The normalized spacial score (nSPS) is 21.6. The first-order chi connectivity index (χ1) is 13.2. The minimum absolute atomic E-state index is 0.0587. The average Bonchev–Trinajstić information content (AvgIpc) is 2.68. The smallest absolute Gasteiger partial charge is 0.341 e. The van der Waals surface area contributed by atoms with E-state index >= 15 is 0 Å². The molecule has 0 aliphatic carbocycles. The van der Waals surface area contributed by atoms with Crippen molar-refractivity contribution in [1.29, 1.82) is 0 Å². The molecule has 0 spiro atoms. The molecule has 5 nitrogen and oxygen atoms in total. The molecular formula is C19H23F4N3O2. The number of piperazine rings is 1. The van der Waals surface area contributed by atoms with Gasteiger partial charge in [-0.05, 0) is 37.1 Å². The molecule has 28 heavy (non-hydrogen) atoms. The van der Waals surface area contributed by atoms with Crippen molar-refractivity contribution in [2.45, 2.75) is 19.0 Å². The molecule has 9 heteroatoms. The van der Waals surface area contributed by atoms with E-state index in [2.05, 4.69) is 0 Å². The third-order valence-electron chi connectivity index (χ3n) is 5.35. The Bertz CT molecular complexity index is 700. The van der Waals surface area contributed by atoms with Gasteiger partial charge in [0.1, 0.15) is 5.82 Å². The van der Waals surface area contributed by atoms with Gasteiger partial charge >= 0.3 is 6.18 Å². The second-order valence-corrected chi connectivity index (χ2v) is 7.30. The standard InChI is InChI=1S/C19H23F4N3O2/c20-16-5-3-14(4-6-16)18(28)25-10-8-24(9-11-25)13-17(27)26-7-1-2-15(12-26)19(21,22)23/h3-6,15H,1-2,7-13H2. The second kappa shape index (κ2) is 8.46. The van der Waals surface area contributed by atoms with E-state index in [1.54, 1.807) is 4.90 Å². The van der Waals surface area contributed by atoms with Crippen LogP contribution in [-0.4, -0.2) is 78.5 Å². The maximum absolute atomic E-state index is 13.0. The van der Waals surface area contributed by atoms with Gasteiger partial charge in [0, 0.05) is 44.8 Å². The van der Waals surface area contributed by atoms with E-state index < -0.39 is 17.9 Å². The number of alkyl halides is 3. The van der Waals surface area contributed by atoms with Crippen LogP contribution in [0.15, 0.2) is 24.3 Å². The summed E-state index contributed by atoms with van der Waals surface area (Å²) in [6, 6.07) is 5.33. The lowest BCUT2D eigenvalue weighted by Gasteiger charge is -2.37. The maximum atomic E-state index is 13.0. The van der Waals surface area contributed by atoms with E-state index in [0.29, 0.717) is 44.7 Å². The van der Waals surface area contributed by atoms with Crippen molar-refractivity contribution in [2.75, 3.05) is 45.8 Å². The molecule has 0 bridgehead atoms. The second-order valence-electron chi connectivity index (χ2n) is 7.30. The highest BCUT2D eigenvalue weighted by atomic mass is 19.4. The van der Waals surface area contributed by atoms with Gasteiger partial charge in [0.05, 0.1) is 12.5 Å². The van der Waals surface area contributed by atoms with Crippen LogP contribution in [0.5, 0.6) is 0 Å². The molecule has 0 N–H and O–H groups in total. The summed E-state index contributed by atoms with van der Waals surface area (Å²) >= 11 is 0. The first kappa shape index (κ1) is 20.6. The summed E-state index contributed by atoms with van der Waals surface area (Å²) in [6.45, 7) is 1.90. The topological polar surface area (TPSA) is 43.9 Å². The van der Waals surface area contributed by atoms with Crippen molar-refractivity contribution >= 4 is 11.8 Å². The van der Waals surface area contributed by atoms with Crippen LogP contribution in [0, 0.1) is 11.7 Å². The number of piperidine rings is 1. The number of rotatable bonds is 3. The van der Waals surface area contributed by atoms with E-state index in [1.165, 1.54) is 29.2 Å². The largest absolute Gasteiger partial charge is 0.393 e. The van der Waals surface area contributed by atoms with Gasteiger partial charge in [-0.3, -0.25) is 14.5 Å². The molecule has 0 aromatic heterocycles. The maximum Gasteiger partial charge on any atom is 0.393 e. The molecule has 1 aromatic carbocycles. The molecule has 2 amide bonds. The van der Waals surface area contributed by atoms with Gasteiger partial charge in [0.25, 0.3) is 5.91 Å². The van der Waals surface area contributed by atoms with E-state index in [-0.39, 0.29) is 31.3 Å². The first-order valence-electron chi connectivity index (χ1n) is 9.36. The number of benzene rings is 1. The summed E-state index contributed by atoms with van der Waals surface area (Å²) < 4.78 is 51.7. The predicted molar refractivity (Wildman–Crippen MR) is 94.1 cm³/mol. The van der Waals surface area contributed by atoms with Crippen molar-refractivity contribution in [3.05, 3.63) is 35.6 Å². The van der Waals surface area contributed by atoms with Gasteiger partial charge in [-0.2, -0.15) is 13.2 Å². The highest BCUT2D eigenvalue weighted by molar-refractivity contribution is 5.94. The molecule has 2 fully saturated rings. The molecule has 0 radical (unpaired) electrons. The number of likely N-dealkylation sites (tertiary alicyclic amines) is 1. The average molecular weight is 401 g/mol. The Labute approximate surface area is 160 Å². The van der Waals surface area contributed by atoms with E-state index in [1.807, 2.05) is 4.90 Å². The monoisotopic (exact) mass is 401 g/mol. The molecule has 2 heterocycles. The van der Waals surface area contributed by atoms with Crippen LogP contribution >= 0.6 is 0 Å². The fourth-order valence-electron chi connectivity index (χ4n) is 3.65. The van der Waals surface area contributed by atoms with Crippen molar-refractivity contribution < 1.29 is 27.2 Å². The van der Waals surface area contributed by atoms with Gasteiger partial charge in [-0.1, -0.05) is 0 Å². The predicted octanol–water partition coefficient (Wildman–Crippen LogP) is 2.38. The number of amides is 2. The summed E-state index contributed by atoms with van der Waals surface area (Å²) in [7, 11) is 0. The van der Waals surface area contributed by atoms with Crippen molar-refractivity contribution in [3.63, 3.8) is 0 Å². The number of nitrogens with zero attached hydrogens (tertiary/aromatic N) is 3. The molecule has 154 valence electrons. The summed E-state index contributed by atoms with van der Waals surface area (Å²) in [5.74, 6) is -2.36. The van der Waals surface area contributed by atoms with Crippen LogP contribution in [0.3, 0.4) is 0 Å². The van der Waals surface area contributed by atoms with E-state index in [0.717, 1.165) is 0 Å². The molecule has 1 unspecified atom stereocenters. The third-order valence-corrected chi connectivity index (χ3v) is 5.35. The highest BCUT2D eigenvalue weighted by Crippen LogP contribution is 2.33. The van der Waals surface area contributed by atoms with Crippen LogP contribution in [0.2, 0.25) is 0 Å². The fourth-order valence-corrected chi connectivity index (χ4v) is 3.65. The van der Waals surface area contributed by atoms with Crippen LogP contribution in [0.4, 0.5) is 17.6 Å². The molecular weight excluding hydrogens is 378 g/mol. The Hall–Kier alpha value is -2.16. The van der Waals surface area contributed by atoms with Crippen molar-refractivity contribution in [1.82, 2.24) is 14.7 Å². The Kier molecular flexibility index (Phi) is 6.22. The molecule has 2 aliphatic heterocycles. The SMILES string of the molecule is O=C(CN1CCN(C(=O)c2ccc(F)cc2)CC1)N1CCCC(C(F)(F)F)C1. The molecule has 3 rings (SSSR count). The summed E-state index contributed by atoms with van der Waals surface area (Å²) in [5, 5.41) is 0. The van der Waals surface area contributed by atoms with Gasteiger partial charge in [0.2, 0.25) is 5.91 Å². The van der Waals surface area contributed by atoms with E-state index in [4.69, 9.17) is 0 Å². The summed E-state index contributed by atoms with van der Waals surface area (Å²) in [5.41, 5.74) is 0.400. The zero-order chi connectivity index (χ0) is 20.3. The van der Waals surface area contributed by atoms with Gasteiger partial charge < -0.3 is 9.80 Å². The molecule has 1 atom stereocenters. The fraction of sp³-hybridized carbons (Fsp3) is 0.579. The first-order valence-corrected chi connectivity index (χ1v) is 9.36. The Balaban J connectivity index is 1.48. The molecule has 1 aromatic rings. The minimum atomic E-state index is -4.27. The summed E-state index contributed by atoms with van der Waals surface area (Å²) in [6.07, 6.45) is -3.85. The van der Waals surface area contributed by atoms with Crippen LogP contribution in [0.25, 0.3) is 0 Å². The lowest BCUT2D eigenvalue weighted by molar-refractivity contribution is -0.188. The Morgan fingerprint density at radius 3 is 2.21 bits per heavy atom. The van der Waals surface area contributed by atoms with Crippen molar-refractivity contribution in [2.24, 2.45) is 5.92 Å². The van der Waals surface area contributed by atoms with E-state index in [9.17, 15) is 27.2 Å². The minimum Gasteiger partial charge on any atom is -0.341 e. The zero-order valence-corrected chi connectivity index (χ0v) is 15.4. The summed E-state index contributed by atoms with van der Waals surface area (Å²) in [4.78, 5) is 29.6. The Morgan fingerprint density at radius 1 is 0.964 bits per heavy atom. The number of hydrogen-bond acceptors (Lipinski definition) is 3. The number of halogens is 4. The van der Waals surface area contributed by atoms with Crippen molar-refractivity contribution in [3.8, 4) is 0 Å². The van der Waals surface area contributed by atoms with Gasteiger partial charge in [-0.25, -0.2) is 4.39 Å². The van der Waals surface area contributed by atoms with Gasteiger partial charge in [0.15, 0.2) is 0 Å². The van der Waals surface area contributed by atoms with Crippen LogP contribution in [-0.2, 0) is 4.79 Å². The highest BCUT2D eigenvalue weighted by Gasteiger charge is 2.42. The van der Waals surface area contributed by atoms with Crippen LogP contribution < -0.4 is 0 Å². The third kappa shape index (κ3) is 5.01. The van der Waals surface area contributed by atoms with Gasteiger partial charge in [-0.15, -0.1) is 0 Å². The Morgan fingerprint density at radius 2 is 1.61 bits per heavy atom. The molecule has 0 saturated carbocycles. The molecule has 2 saturated heterocycles. The van der Waals surface area contributed by atoms with Crippen LogP contribution in [0.1, 0.15) is 23.2 Å².